The lowest BCUT2D eigenvalue weighted by Gasteiger charge is -2.31. The molecule has 4 heterocycles. The molecular weight excluding hydrogens is 430 g/mol. The van der Waals surface area contributed by atoms with Crippen LogP contribution in [0, 0.1) is 5.92 Å². The summed E-state index contributed by atoms with van der Waals surface area (Å²) in [5.74, 6) is 1.51. The van der Waals surface area contributed by atoms with Gasteiger partial charge in [0.1, 0.15) is 11.0 Å². The van der Waals surface area contributed by atoms with Crippen LogP contribution in [0.4, 0.5) is 5.13 Å². The minimum absolute atomic E-state index is 0.0352. The third-order valence-electron chi connectivity index (χ3n) is 6.15. The molecule has 9 nitrogen and oxygen atoms in total. The fourth-order valence-corrected chi connectivity index (χ4v) is 5.23. The highest BCUT2D eigenvalue weighted by atomic mass is 32.1. The molecule has 2 aliphatic heterocycles. The average molecular weight is 454 g/mol. The summed E-state index contributed by atoms with van der Waals surface area (Å²) >= 11 is 1.36. The largest absolute Gasteiger partial charge is 0.454 e. The minimum Gasteiger partial charge on any atom is -0.454 e. The highest BCUT2D eigenvalue weighted by Gasteiger charge is 2.31. The smallest absolute Gasteiger partial charge is 0.273 e. The van der Waals surface area contributed by atoms with E-state index in [-0.39, 0.29) is 24.2 Å². The zero-order chi connectivity index (χ0) is 21.7. The van der Waals surface area contributed by atoms with Gasteiger partial charge in [0.2, 0.25) is 12.7 Å². The molecule has 3 aliphatic rings. The summed E-state index contributed by atoms with van der Waals surface area (Å²) in [5.41, 5.74) is 1.28. The first kappa shape index (κ1) is 19.5. The minimum atomic E-state index is -0.114. The number of nitrogens with zero attached hydrogens (tertiary/aromatic N) is 4. The van der Waals surface area contributed by atoms with E-state index >= 15 is 0 Å². The van der Waals surface area contributed by atoms with E-state index in [4.69, 9.17) is 9.47 Å². The molecule has 2 fully saturated rings. The van der Waals surface area contributed by atoms with Crippen molar-refractivity contribution >= 4 is 32.7 Å². The van der Waals surface area contributed by atoms with Crippen molar-refractivity contribution in [3.8, 4) is 11.5 Å². The Labute approximate surface area is 188 Å². The Morgan fingerprint density at radius 3 is 2.97 bits per heavy atom. The highest BCUT2D eigenvalue weighted by Crippen LogP contribution is 2.33. The van der Waals surface area contributed by atoms with E-state index in [9.17, 15) is 9.59 Å². The topological polar surface area (TPSA) is 98.6 Å². The third kappa shape index (κ3) is 3.68. The third-order valence-corrected chi connectivity index (χ3v) is 7.24. The summed E-state index contributed by atoms with van der Waals surface area (Å²) in [4.78, 5) is 36.8. The molecule has 10 heteroatoms. The number of amides is 1. The molecule has 2 aromatic heterocycles. The van der Waals surface area contributed by atoms with Crippen LogP contribution in [0.3, 0.4) is 0 Å². The monoisotopic (exact) mass is 453 g/mol. The molecule has 1 amide bonds. The Hall–Kier alpha value is -3.14. The number of fused-ring (bicyclic) bond motifs is 2. The molecular formula is C22H23N5O4S. The van der Waals surface area contributed by atoms with E-state index in [1.165, 1.54) is 11.3 Å². The van der Waals surface area contributed by atoms with Crippen LogP contribution in [0.25, 0.3) is 10.3 Å². The van der Waals surface area contributed by atoms with E-state index in [2.05, 4.69) is 20.2 Å². The lowest BCUT2D eigenvalue weighted by molar-refractivity contribution is -0.125. The Morgan fingerprint density at radius 1 is 1.22 bits per heavy atom. The van der Waals surface area contributed by atoms with Crippen molar-refractivity contribution in [2.75, 3.05) is 24.8 Å². The zero-order valence-electron chi connectivity index (χ0n) is 17.5. The number of nitrogens with one attached hydrogen (secondary N) is 1. The van der Waals surface area contributed by atoms with Crippen molar-refractivity contribution in [1.29, 1.82) is 0 Å². The van der Waals surface area contributed by atoms with Crippen LogP contribution < -0.4 is 25.2 Å². The van der Waals surface area contributed by atoms with Crippen molar-refractivity contribution in [2.45, 2.75) is 38.3 Å². The molecule has 1 saturated heterocycles. The van der Waals surface area contributed by atoms with Gasteiger partial charge < -0.3 is 19.7 Å². The Kier molecular flexibility index (Phi) is 4.74. The number of hydrogen-bond acceptors (Lipinski definition) is 8. The molecule has 166 valence electrons. The SMILES string of the molecule is O=C(NC1CC1)C1CCCN(c2nc3ncn(Cc4ccc5c(c4)OCO5)c(=O)c3s2)C1. The van der Waals surface area contributed by atoms with Crippen LogP contribution in [0.15, 0.2) is 29.3 Å². The van der Waals surface area contributed by atoms with Gasteiger partial charge in [0.15, 0.2) is 22.3 Å². The average Bonchev–Trinajstić information content (AvgIpc) is 3.32. The maximum atomic E-state index is 13.1. The molecule has 0 radical (unpaired) electrons. The van der Waals surface area contributed by atoms with Crippen LogP contribution in [0.1, 0.15) is 31.2 Å². The quantitative estimate of drug-likeness (QED) is 0.632. The van der Waals surface area contributed by atoms with Gasteiger partial charge in [-0.2, -0.15) is 4.98 Å². The molecule has 1 aliphatic carbocycles. The molecule has 3 aromatic rings. The maximum absolute atomic E-state index is 13.1. The molecule has 1 N–H and O–H groups in total. The van der Waals surface area contributed by atoms with Crippen molar-refractivity contribution in [2.24, 2.45) is 5.92 Å². The second-order valence-corrected chi connectivity index (χ2v) is 9.56. The van der Waals surface area contributed by atoms with Gasteiger partial charge in [-0.05, 0) is 43.4 Å². The number of thiazole rings is 1. The summed E-state index contributed by atoms with van der Waals surface area (Å²) in [5, 5.41) is 3.87. The van der Waals surface area contributed by atoms with Crippen LogP contribution >= 0.6 is 11.3 Å². The first-order valence-electron chi connectivity index (χ1n) is 10.9. The van der Waals surface area contributed by atoms with Gasteiger partial charge in [0, 0.05) is 19.1 Å². The maximum Gasteiger partial charge on any atom is 0.273 e. The van der Waals surface area contributed by atoms with Crippen molar-refractivity contribution in [1.82, 2.24) is 19.9 Å². The van der Waals surface area contributed by atoms with Crippen molar-refractivity contribution < 1.29 is 14.3 Å². The summed E-state index contributed by atoms with van der Waals surface area (Å²) in [7, 11) is 0. The van der Waals surface area contributed by atoms with Gasteiger partial charge in [0.25, 0.3) is 5.56 Å². The predicted molar refractivity (Wildman–Crippen MR) is 119 cm³/mol. The first-order chi connectivity index (χ1) is 15.6. The number of hydrogen-bond donors (Lipinski definition) is 1. The number of piperidine rings is 1. The molecule has 1 saturated carbocycles. The Morgan fingerprint density at radius 2 is 2.09 bits per heavy atom. The van der Waals surface area contributed by atoms with Crippen LogP contribution in [-0.4, -0.2) is 46.4 Å². The number of carbonyl (C=O) groups excluding carboxylic acids is 1. The zero-order valence-corrected chi connectivity index (χ0v) is 18.3. The standard InChI is InChI=1S/C22H23N5O4S/c28-20(24-15-4-5-15)14-2-1-7-26(10-14)22-25-19-18(32-22)21(29)27(11-23-19)9-13-3-6-16-17(8-13)31-12-30-16/h3,6,8,11,14-15H,1-2,4-5,7,9-10,12H2,(H,24,28). The number of carbonyl (C=O) groups is 1. The number of aromatic nitrogens is 3. The summed E-state index contributed by atoms with van der Waals surface area (Å²) in [6.45, 7) is 2.07. The Balaban J connectivity index is 1.23. The summed E-state index contributed by atoms with van der Waals surface area (Å²) < 4.78 is 12.9. The van der Waals surface area contributed by atoms with Crippen LogP contribution in [0.5, 0.6) is 11.5 Å². The van der Waals surface area contributed by atoms with E-state index in [1.807, 2.05) is 18.2 Å². The van der Waals surface area contributed by atoms with Gasteiger partial charge in [-0.25, -0.2) is 4.98 Å². The molecule has 1 unspecified atom stereocenters. The van der Waals surface area contributed by atoms with Gasteiger partial charge >= 0.3 is 0 Å². The van der Waals surface area contributed by atoms with E-state index in [0.717, 1.165) is 42.9 Å². The van der Waals surface area contributed by atoms with E-state index < -0.39 is 0 Å². The second-order valence-electron chi connectivity index (χ2n) is 8.58. The molecule has 1 atom stereocenters. The molecule has 6 rings (SSSR count). The van der Waals surface area contributed by atoms with Gasteiger partial charge in [-0.15, -0.1) is 0 Å². The summed E-state index contributed by atoms with van der Waals surface area (Å²) in [6.07, 6.45) is 5.54. The van der Waals surface area contributed by atoms with E-state index in [1.54, 1.807) is 10.9 Å². The fourth-order valence-electron chi connectivity index (χ4n) is 4.23. The number of benzene rings is 1. The lowest BCUT2D eigenvalue weighted by atomic mass is 9.97. The molecule has 1 aromatic carbocycles. The van der Waals surface area contributed by atoms with Crippen molar-refractivity contribution in [3.63, 3.8) is 0 Å². The lowest BCUT2D eigenvalue weighted by Crippen LogP contribution is -2.43. The predicted octanol–water partition coefficient (Wildman–Crippen LogP) is 2.12. The molecule has 0 bridgehead atoms. The van der Waals surface area contributed by atoms with Gasteiger partial charge in [0.05, 0.1) is 12.5 Å². The number of rotatable bonds is 5. The molecule has 32 heavy (non-hydrogen) atoms. The summed E-state index contributed by atoms with van der Waals surface area (Å²) in [6, 6.07) is 6.03. The fraction of sp³-hybridized carbons (Fsp3) is 0.455. The van der Waals surface area contributed by atoms with Crippen LogP contribution in [-0.2, 0) is 11.3 Å². The highest BCUT2D eigenvalue weighted by molar-refractivity contribution is 7.22. The van der Waals surface area contributed by atoms with Gasteiger partial charge in [-0.3, -0.25) is 14.2 Å². The number of anilines is 1. The Bertz CT molecular complexity index is 1250. The van der Waals surface area contributed by atoms with Crippen molar-refractivity contribution in [3.05, 3.63) is 40.4 Å². The molecule has 0 spiro atoms. The first-order valence-corrected chi connectivity index (χ1v) is 11.8. The normalized spacial score (nSPS) is 20.0. The van der Waals surface area contributed by atoms with E-state index in [0.29, 0.717) is 41.0 Å². The number of ether oxygens (including phenoxy) is 2. The van der Waals surface area contributed by atoms with Crippen LogP contribution in [0.2, 0.25) is 0 Å². The second kappa shape index (κ2) is 7.77. The van der Waals surface area contributed by atoms with Gasteiger partial charge in [-0.1, -0.05) is 17.4 Å².